The van der Waals surface area contributed by atoms with E-state index in [0.29, 0.717) is 12.5 Å². The van der Waals surface area contributed by atoms with Gasteiger partial charge in [0.05, 0.1) is 6.10 Å². The zero-order chi connectivity index (χ0) is 11.7. The lowest BCUT2D eigenvalue weighted by Crippen LogP contribution is -2.39. The van der Waals surface area contributed by atoms with E-state index in [-0.39, 0.29) is 6.10 Å². The fraction of sp³-hybridized carbons (Fsp3) is 1.00. The van der Waals surface area contributed by atoms with Crippen LogP contribution in [0.25, 0.3) is 0 Å². The molecule has 0 amide bonds. The van der Waals surface area contributed by atoms with Crippen LogP contribution in [0.5, 0.6) is 0 Å². The summed E-state index contributed by atoms with van der Waals surface area (Å²) in [6.07, 6.45) is 0.952. The third kappa shape index (κ3) is 7.77. The molecule has 0 aromatic carbocycles. The summed E-state index contributed by atoms with van der Waals surface area (Å²) in [6.45, 7) is 13.2. The molecule has 0 bridgehead atoms. The average molecular weight is 216 g/mol. The van der Waals surface area contributed by atoms with Crippen molar-refractivity contribution in [2.24, 2.45) is 5.92 Å². The molecule has 2 N–H and O–H groups in total. The molecule has 0 aliphatic rings. The monoisotopic (exact) mass is 216 g/mol. The summed E-state index contributed by atoms with van der Waals surface area (Å²) < 4.78 is 0. The summed E-state index contributed by atoms with van der Waals surface area (Å²) in [6, 6.07) is 0. The molecule has 3 nitrogen and oxygen atoms in total. The van der Waals surface area contributed by atoms with E-state index in [9.17, 15) is 5.11 Å². The molecule has 15 heavy (non-hydrogen) atoms. The van der Waals surface area contributed by atoms with Crippen molar-refractivity contribution in [1.29, 1.82) is 0 Å². The average Bonchev–Trinajstić information content (AvgIpc) is 2.25. The first kappa shape index (κ1) is 14.9. The molecule has 2 atom stereocenters. The van der Waals surface area contributed by atoms with Crippen LogP contribution in [0.2, 0.25) is 0 Å². The zero-order valence-corrected chi connectivity index (χ0v) is 10.8. The predicted molar refractivity (Wildman–Crippen MR) is 66.1 cm³/mol. The van der Waals surface area contributed by atoms with E-state index >= 15 is 0 Å². The Hall–Kier alpha value is -0.120. The highest BCUT2D eigenvalue weighted by molar-refractivity contribution is 4.66. The molecule has 0 aromatic rings. The highest BCUT2D eigenvalue weighted by Crippen LogP contribution is 1.97. The molecule has 0 heterocycles. The number of rotatable bonds is 9. The number of likely N-dealkylation sites (N-methyl/N-ethyl adjacent to an activating group) is 1. The Balaban J connectivity index is 3.51. The first-order valence-electron chi connectivity index (χ1n) is 6.25. The van der Waals surface area contributed by atoms with Gasteiger partial charge in [-0.1, -0.05) is 34.1 Å². The quantitative estimate of drug-likeness (QED) is 0.610. The van der Waals surface area contributed by atoms with Crippen molar-refractivity contribution in [3.05, 3.63) is 0 Å². The van der Waals surface area contributed by atoms with Crippen molar-refractivity contribution in [2.45, 2.75) is 40.2 Å². The van der Waals surface area contributed by atoms with Crippen molar-refractivity contribution in [1.82, 2.24) is 10.2 Å². The fourth-order valence-corrected chi connectivity index (χ4v) is 1.49. The van der Waals surface area contributed by atoms with Crippen LogP contribution in [0.4, 0.5) is 0 Å². The van der Waals surface area contributed by atoms with Crippen LogP contribution in [0.1, 0.15) is 34.1 Å². The summed E-state index contributed by atoms with van der Waals surface area (Å²) in [5, 5.41) is 13.1. The van der Waals surface area contributed by atoms with Gasteiger partial charge in [-0.3, -0.25) is 0 Å². The maximum Gasteiger partial charge on any atom is 0.0791 e. The lowest BCUT2D eigenvalue weighted by atomic mass is 10.1. The minimum absolute atomic E-state index is 0.242. The molecular weight excluding hydrogens is 188 g/mol. The van der Waals surface area contributed by atoms with Crippen molar-refractivity contribution >= 4 is 0 Å². The van der Waals surface area contributed by atoms with Gasteiger partial charge in [-0.15, -0.1) is 0 Å². The van der Waals surface area contributed by atoms with Crippen LogP contribution >= 0.6 is 0 Å². The lowest BCUT2D eigenvalue weighted by Gasteiger charge is -2.22. The minimum Gasteiger partial charge on any atom is -0.390 e. The van der Waals surface area contributed by atoms with E-state index in [0.717, 1.165) is 26.2 Å². The van der Waals surface area contributed by atoms with Gasteiger partial charge in [-0.25, -0.2) is 0 Å². The molecule has 0 fully saturated rings. The number of hydrogen-bond donors (Lipinski definition) is 2. The molecule has 0 aromatic heterocycles. The number of aliphatic hydroxyl groups excluding tert-OH is 1. The van der Waals surface area contributed by atoms with Crippen molar-refractivity contribution in [3.63, 3.8) is 0 Å². The molecule has 0 saturated carbocycles. The van der Waals surface area contributed by atoms with Gasteiger partial charge in [0.25, 0.3) is 0 Å². The summed E-state index contributed by atoms with van der Waals surface area (Å²) in [4.78, 5) is 2.25. The van der Waals surface area contributed by atoms with Gasteiger partial charge >= 0.3 is 0 Å². The summed E-state index contributed by atoms with van der Waals surface area (Å²) in [5.74, 6) is 0.700. The molecule has 0 aliphatic carbocycles. The summed E-state index contributed by atoms with van der Waals surface area (Å²) in [7, 11) is 0. The Morgan fingerprint density at radius 3 is 2.20 bits per heavy atom. The molecule has 0 aliphatic heterocycles. The fourth-order valence-electron chi connectivity index (χ4n) is 1.49. The van der Waals surface area contributed by atoms with Gasteiger partial charge in [-0.05, 0) is 25.6 Å². The standard InChI is InChI=1S/C12H28N2O/c1-5-11(4)8-13-9-12(15)10-14(6-2)7-3/h11-13,15H,5-10H2,1-4H3. The van der Waals surface area contributed by atoms with Crippen LogP contribution in [-0.4, -0.2) is 48.8 Å². The third-order valence-electron chi connectivity index (χ3n) is 2.93. The molecule has 2 unspecified atom stereocenters. The number of aliphatic hydroxyl groups is 1. The second-order valence-corrected chi connectivity index (χ2v) is 4.31. The van der Waals surface area contributed by atoms with Gasteiger partial charge in [0.2, 0.25) is 0 Å². The molecule has 3 heteroatoms. The van der Waals surface area contributed by atoms with Crippen molar-refractivity contribution < 1.29 is 5.11 Å². The van der Waals surface area contributed by atoms with Gasteiger partial charge in [-0.2, -0.15) is 0 Å². The van der Waals surface area contributed by atoms with Crippen LogP contribution in [0, 0.1) is 5.92 Å². The largest absolute Gasteiger partial charge is 0.390 e. The second kappa shape index (κ2) is 9.13. The number of hydrogen-bond acceptors (Lipinski definition) is 3. The van der Waals surface area contributed by atoms with E-state index in [1.807, 2.05) is 0 Å². The highest BCUT2D eigenvalue weighted by atomic mass is 16.3. The second-order valence-electron chi connectivity index (χ2n) is 4.31. The number of nitrogens with one attached hydrogen (secondary N) is 1. The van der Waals surface area contributed by atoms with E-state index in [4.69, 9.17) is 0 Å². The van der Waals surface area contributed by atoms with E-state index in [1.165, 1.54) is 6.42 Å². The Bertz CT molecular complexity index is 138. The Morgan fingerprint density at radius 1 is 1.13 bits per heavy atom. The predicted octanol–water partition coefficient (Wildman–Crippen LogP) is 1.32. The smallest absolute Gasteiger partial charge is 0.0791 e. The highest BCUT2D eigenvalue weighted by Gasteiger charge is 2.08. The maximum absolute atomic E-state index is 9.76. The molecule has 92 valence electrons. The van der Waals surface area contributed by atoms with Crippen LogP contribution in [0.3, 0.4) is 0 Å². The topological polar surface area (TPSA) is 35.5 Å². The normalized spacial score (nSPS) is 15.6. The van der Waals surface area contributed by atoms with Crippen LogP contribution in [-0.2, 0) is 0 Å². The van der Waals surface area contributed by atoms with Crippen LogP contribution in [0.15, 0.2) is 0 Å². The van der Waals surface area contributed by atoms with Gasteiger partial charge in [0.1, 0.15) is 0 Å². The van der Waals surface area contributed by atoms with Crippen molar-refractivity contribution in [2.75, 3.05) is 32.7 Å². The van der Waals surface area contributed by atoms with E-state index < -0.39 is 0 Å². The third-order valence-corrected chi connectivity index (χ3v) is 2.93. The Kier molecular flexibility index (Phi) is 9.06. The van der Waals surface area contributed by atoms with Crippen LogP contribution < -0.4 is 5.32 Å². The minimum atomic E-state index is -0.242. The van der Waals surface area contributed by atoms with Gasteiger partial charge < -0.3 is 15.3 Å². The molecule has 0 spiro atoms. The molecule has 0 radical (unpaired) electrons. The summed E-state index contributed by atoms with van der Waals surface area (Å²) >= 11 is 0. The molecule has 0 saturated heterocycles. The first-order valence-corrected chi connectivity index (χ1v) is 6.25. The Labute approximate surface area is 94.9 Å². The van der Waals surface area contributed by atoms with Gasteiger partial charge in [0, 0.05) is 13.1 Å². The SMILES string of the molecule is CCC(C)CNCC(O)CN(CC)CC. The molecule has 0 rings (SSSR count). The van der Waals surface area contributed by atoms with E-state index in [1.54, 1.807) is 0 Å². The Morgan fingerprint density at radius 2 is 1.73 bits per heavy atom. The first-order chi connectivity index (χ1) is 7.13. The maximum atomic E-state index is 9.76. The van der Waals surface area contributed by atoms with Gasteiger partial charge in [0.15, 0.2) is 0 Å². The van der Waals surface area contributed by atoms with Crippen molar-refractivity contribution in [3.8, 4) is 0 Å². The summed E-state index contributed by atoms with van der Waals surface area (Å²) in [5.41, 5.74) is 0. The van der Waals surface area contributed by atoms with E-state index in [2.05, 4.69) is 37.9 Å². The lowest BCUT2D eigenvalue weighted by molar-refractivity contribution is 0.116. The zero-order valence-electron chi connectivity index (χ0n) is 10.8. The number of nitrogens with zero attached hydrogens (tertiary/aromatic N) is 1. The molecular formula is C12H28N2O.